The van der Waals surface area contributed by atoms with Crippen molar-refractivity contribution in [3.05, 3.63) is 53.6 Å². The third-order valence-corrected chi connectivity index (χ3v) is 4.66. The van der Waals surface area contributed by atoms with Gasteiger partial charge >= 0.3 is 0 Å². The molecule has 5 nitrogen and oxygen atoms in total. The van der Waals surface area contributed by atoms with E-state index >= 15 is 0 Å². The molecule has 0 saturated carbocycles. The summed E-state index contributed by atoms with van der Waals surface area (Å²) in [6.45, 7) is 3.97. The van der Waals surface area contributed by atoms with Crippen molar-refractivity contribution in [2.75, 3.05) is 29.2 Å². The summed E-state index contributed by atoms with van der Waals surface area (Å²) in [5.74, 6) is 0.719. The van der Waals surface area contributed by atoms with E-state index in [1.54, 1.807) is 19.2 Å². The second kappa shape index (κ2) is 9.13. The first kappa shape index (κ1) is 18.9. The number of hydrogen-bond donors (Lipinski definition) is 2. The molecule has 2 N–H and O–H groups in total. The number of hydrogen-bond acceptors (Lipinski definition) is 4. The smallest absolute Gasteiger partial charge is 0.234 e. The van der Waals surface area contributed by atoms with Gasteiger partial charge in [0.05, 0.1) is 24.3 Å². The van der Waals surface area contributed by atoms with Gasteiger partial charge in [0.15, 0.2) is 0 Å². The molecule has 25 heavy (non-hydrogen) atoms. The second-order valence-electron chi connectivity index (χ2n) is 5.54. The minimum Gasteiger partial charge on any atom is -0.495 e. The van der Waals surface area contributed by atoms with E-state index in [0.717, 1.165) is 16.8 Å². The minimum atomic E-state index is -0.172. The zero-order chi connectivity index (χ0) is 18.2. The van der Waals surface area contributed by atoms with Crippen LogP contribution in [-0.2, 0) is 9.59 Å². The lowest BCUT2D eigenvalue weighted by Crippen LogP contribution is -2.19. The van der Waals surface area contributed by atoms with Crippen LogP contribution in [0.15, 0.2) is 42.5 Å². The van der Waals surface area contributed by atoms with Gasteiger partial charge in [0, 0.05) is 5.69 Å². The molecule has 132 valence electrons. The average Bonchev–Trinajstić information content (AvgIpc) is 2.59. The molecule has 2 aromatic carbocycles. The quantitative estimate of drug-likeness (QED) is 0.793. The van der Waals surface area contributed by atoms with E-state index in [0.29, 0.717) is 11.4 Å². The molecule has 0 aliphatic heterocycles. The van der Waals surface area contributed by atoms with Crippen LogP contribution >= 0.6 is 11.8 Å². The molecule has 0 atom stereocenters. The first-order valence-electron chi connectivity index (χ1n) is 7.88. The number of thioether (sulfide) groups is 1. The monoisotopic (exact) mass is 358 g/mol. The van der Waals surface area contributed by atoms with Gasteiger partial charge in [-0.15, -0.1) is 11.8 Å². The lowest BCUT2D eigenvalue weighted by Gasteiger charge is -2.11. The number of benzene rings is 2. The number of carbonyl (C=O) groups is 2. The maximum absolute atomic E-state index is 12.0. The Kier molecular flexibility index (Phi) is 6.89. The Morgan fingerprint density at radius 2 is 1.52 bits per heavy atom. The van der Waals surface area contributed by atoms with Gasteiger partial charge in [0.1, 0.15) is 5.75 Å². The third kappa shape index (κ3) is 5.53. The number of rotatable bonds is 7. The molecule has 0 spiro atoms. The number of methoxy groups -OCH3 is 1. The van der Waals surface area contributed by atoms with Crippen molar-refractivity contribution in [3.63, 3.8) is 0 Å². The van der Waals surface area contributed by atoms with Crippen LogP contribution in [0, 0.1) is 13.8 Å². The Bertz CT molecular complexity index is 762. The molecule has 0 bridgehead atoms. The number of para-hydroxylation sites is 2. The lowest BCUT2D eigenvalue weighted by atomic mass is 10.1. The van der Waals surface area contributed by atoms with Crippen LogP contribution < -0.4 is 15.4 Å². The molecule has 0 unspecified atom stereocenters. The molecule has 6 heteroatoms. The van der Waals surface area contributed by atoms with Gasteiger partial charge in [-0.2, -0.15) is 0 Å². The highest BCUT2D eigenvalue weighted by Crippen LogP contribution is 2.23. The number of carbonyl (C=O) groups excluding carboxylic acids is 2. The molecular weight excluding hydrogens is 336 g/mol. The molecule has 0 aliphatic carbocycles. The van der Waals surface area contributed by atoms with Gasteiger partial charge in [0.25, 0.3) is 0 Å². The Morgan fingerprint density at radius 3 is 2.20 bits per heavy atom. The Morgan fingerprint density at radius 1 is 0.920 bits per heavy atom. The number of amides is 2. The maximum Gasteiger partial charge on any atom is 0.234 e. The largest absolute Gasteiger partial charge is 0.495 e. The molecule has 0 saturated heterocycles. The fourth-order valence-corrected chi connectivity index (χ4v) is 2.86. The van der Waals surface area contributed by atoms with E-state index in [-0.39, 0.29) is 23.3 Å². The van der Waals surface area contributed by atoms with Crippen molar-refractivity contribution in [2.24, 2.45) is 0 Å². The van der Waals surface area contributed by atoms with Crippen LogP contribution in [0.3, 0.4) is 0 Å². The predicted molar refractivity (Wildman–Crippen MR) is 103 cm³/mol. The summed E-state index contributed by atoms with van der Waals surface area (Å²) in [6.07, 6.45) is 0. The molecule has 0 fully saturated rings. The average molecular weight is 358 g/mol. The molecule has 2 amide bonds. The van der Waals surface area contributed by atoms with Gasteiger partial charge in [0.2, 0.25) is 11.8 Å². The van der Waals surface area contributed by atoms with Gasteiger partial charge in [-0.3, -0.25) is 9.59 Å². The number of nitrogens with one attached hydrogen (secondary N) is 2. The first-order valence-corrected chi connectivity index (χ1v) is 9.03. The summed E-state index contributed by atoms with van der Waals surface area (Å²) < 4.78 is 5.19. The van der Waals surface area contributed by atoms with Crippen molar-refractivity contribution in [2.45, 2.75) is 13.8 Å². The molecule has 0 radical (unpaired) electrons. The SMILES string of the molecule is COc1ccccc1NC(=O)CSCC(=O)Nc1cccc(C)c1C. The summed E-state index contributed by atoms with van der Waals surface area (Å²) in [6, 6.07) is 13.0. The fraction of sp³-hybridized carbons (Fsp3) is 0.263. The summed E-state index contributed by atoms with van der Waals surface area (Å²) in [5.41, 5.74) is 3.61. The molecular formula is C19H22N2O3S. The Balaban J connectivity index is 1.79. The van der Waals surface area contributed by atoms with Crippen LogP contribution in [0.5, 0.6) is 5.75 Å². The third-order valence-electron chi connectivity index (χ3n) is 3.73. The van der Waals surface area contributed by atoms with Gasteiger partial charge in [-0.05, 0) is 43.2 Å². The van der Waals surface area contributed by atoms with Crippen molar-refractivity contribution >= 4 is 35.0 Å². The molecule has 0 heterocycles. The van der Waals surface area contributed by atoms with E-state index in [2.05, 4.69) is 10.6 Å². The van der Waals surface area contributed by atoms with Crippen LogP contribution in [0.2, 0.25) is 0 Å². The highest BCUT2D eigenvalue weighted by atomic mass is 32.2. The molecule has 0 aliphatic rings. The second-order valence-corrected chi connectivity index (χ2v) is 6.52. The van der Waals surface area contributed by atoms with E-state index in [4.69, 9.17) is 4.74 Å². The van der Waals surface area contributed by atoms with E-state index < -0.39 is 0 Å². The number of anilines is 2. The number of aryl methyl sites for hydroxylation is 1. The minimum absolute atomic E-state index is 0.121. The van der Waals surface area contributed by atoms with Crippen LogP contribution in [0.1, 0.15) is 11.1 Å². The Hall–Kier alpha value is -2.47. The van der Waals surface area contributed by atoms with Crippen LogP contribution in [-0.4, -0.2) is 30.4 Å². The summed E-state index contributed by atoms with van der Waals surface area (Å²) >= 11 is 1.27. The highest BCUT2D eigenvalue weighted by Gasteiger charge is 2.10. The zero-order valence-corrected chi connectivity index (χ0v) is 15.4. The van der Waals surface area contributed by atoms with Gasteiger partial charge in [-0.25, -0.2) is 0 Å². The molecule has 0 aromatic heterocycles. The van der Waals surface area contributed by atoms with Crippen molar-refractivity contribution in [3.8, 4) is 5.75 Å². The van der Waals surface area contributed by atoms with Crippen molar-refractivity contribution < 1.29 is 14.3 Å². The van der Waals surface area contributed by atoms with Crippen LogP contribution in [0.4, 0.5) is 11.4 Å². The standard InChI is InChI=1S/C19H22N2O3S/c1-13-7-6-9-15(14(13)2)20-18(22)11-25-12-19(23)21-16-8-4-5-10-17(16)24-3/h4-10H,11-12H2,1-3H3,(H,20,22)(H,21,23). The lowest BCUT2D eigenvalue weighted by molar-refractivity contribution is -0.114. The maximum atomic E-state index is 12.0. The molecule has 2 rings (SSSR count). The zero-order valence-electron chi connectivity index (χ0n) is 14.6. The van der Waals surface area contributed by atoms with Crippen LogP contribution in [0.25, 0.3) is 0 Å². The summed E-state index contributed by atoms with van der Waals surface area (Å²) in [5, 5.41) is 5.67. The predicted octanol–water partition coefficient (Wildman–Crippen LogP) is 3.62. The summed E-state index contributed by atoms with van der Waals surface area (Å²) in [4.78, 5) is 24.0. The van der Waals surface area contributed by atoms with Crippen molar-refractivity contribution in [1.29, 1.82) is 0 Å². The topological polar surface area (TPSA) is 67.4 Å². The Labute approximate surface area is 152 Å². The van der Waals surface area contributed by atoms with Gasteiger partial charge < -0.3 is 15.4 Å². The normalized spacial score (nSPS) is 10.2. The summed E-state index contributed by atoms with van der Waals surface area (Å²) in [7, 11) is 1.55. The number of ether oxygens (including phenoxy) is 1. The fourth-order valence-electron chi connectivity index (χ4n) is 2.24. The van der Waals surface area contributed by atoms with E-state index in [1.165, 1.54) is 11.8 Å². The van der Waals surface area contributed by atoms with Crippen molar-refractivity contribution in [1.82, 2.24) is 0 Å². The van der Waals surface area contributed by atoms with E-state index in [1.807, 2.05) is 44.2 Å². The van der Waals surface area contributed by atoms with E-state index in [9.17, 15) is 9.59 Å². The molecule has 2 aromatic rings. The van der Waals surface area contributed by atoms with Gasteiger partial charge in [-0.1, -0.05) is 24.3 Å². The highest BCUT2D eigenvalue weighted by molar-refractivity contribution is 8.00. The first-order chi connectivity index (χ1) is 12.0.